The van der Waals surface area contributed by atoms with Crippen LogP contribution in [-0.2, 0) is 0 Å². The van der Waals surface area contributed by atoms with Crippen LogP contribution < -0.4 is 5.73 Å². The van der Waals surface area contributed by atoms with Gasteiger partial charge in [0.1, 0.15) is 0 Å². The van der Waals surface area contributed by atoms with E-state index in [2.05, 4.69) is 20.5 Å². The lowest BCUT2D eigenvalue weighted by Gasteiger charge is -2.06. The Morgan fingerprint density at radius 3 is 1.39 bits per heavy atom. The number of nitrogens with two attached hydrogens (primary N) is 1. The van der Waals surface area contributed by atoms with E-state index in [9.17, 15) is 0 Å². The van der Waals surface area contributed by atoms with Gasteiger partial charge in [0.15, 0.2) is 0 Å². The molecule has 2 N–H and O–H groups in total. The van der Waals surface area contributed by atoms with Crippen molar-refractivity contribution in [1.29, 1.82) is 0 Å². The third-order valence-corrected chi connectivity index (χ3v) is 5.11. The Hall–Kier alpha value is -4.38. The molecule has 148 valence electrons. The number of nitrogens with zero attached hydrogens (tertiary/aromatic N) is 4. The first-order chi connectivity index (χ1) is 15.3. The molecule has 0 spiro atoms. The van der Waals surface area contributed by atoms with Crippen LogP contribution in [-0.4, -0.2) is 0 Å². The highest BCUT2D eigenvalue weighted by molar-refractivity contribution is 6.01. The van der Waals surface area contributed by atoms with Crippen LogP contribution >= 0.6 is 0 Å². The Kier molecular flexibility index (Phi) is 4.91. The lowest BCUT2D eigenvalue weighted by atomic mass is 10.1. The minimum Gasteiger partial charge on any atom is -0.398 e. The molecule has 0 aliphatic carbocycles. The van der Waals surface area contributed by atoms with Crippen molar-refractivity contribution in [3.05, 3.63) is 103 Å². The van der Waals surface area contributed by atoms with Crippen molar-refractivity contribution >= 4 is 50.0 Å². The fourth-order valence-electron chi connectivity index (χ4n) is 3.55. The summed E-state index contributed by atoms with van der Waals surface area (Å²) in [5, 5.41) is 21.8. The third kappa shape index (κ3) is 3.76. The molecule has 0 heterocycles. The van der Waals surface area contributed by atoms with Gasteiger partial charge in [0.2, 0.25) is 0 Å². The predicted octanol–water partition coefficient (Wildman–Crippen LogP) is 8.41. The average Bonchev–Trinajstić information content (AvgIpc) is 2.83. The smallest absolute Gasteiger partial charge is 0.0936 e. The minimum absolute atomic E-state index is 0.730. The van der Waals surface area contributed by atoms with Crippen LogP contribution in [0.5, 0.6) is 0 Å². The molecule has 0 saturated carbocycles. The summed E-state index contributed by atoms with van der Waals surface area (Å²) < 4.78 is 0. The molecule has 5 heteroatoms. The average molecular weight is 401 g/mol. The molecule has 0 atom stereocenters. The van der Waals surface area contributed by atoms with E-state index in [0.29, 0.717) is 0 Å². The van der Waals surface area contributed by atoms with Crippen molar-refractivity contribution in [3.8, 4) is 0 Å². The molecule has 5 aromatic rings. The maximum absolute atomic E-state index is 6.10. The Labute approximate surface area is 179 Å². The molecule has 5 rings (SSSR count). The highest BCUT2D eigenvalue weighted by atomic mass is 15.1. The second kappa shape index (κ2) is 8.16. The fourth-order valence-corrected chi connectivity index (χ4v) is 3.55. The van der Waals surface area contributed by atoms with E-state index >= 15 is 0 Å². The second-order valence-electron chi connectivity index (χ2n) is 7.10. The Morgan fingerprint density at radius 1 is 0.387 bits per heavy atom. The molecule has 0 aliphatic heterocycles. The van der Waals surface area contributed by atoms with Crippen molar-refractivity contribution in [2.75, 3.05) is 5.73 Å². The molecule has 0 radical (unpaired) electrons. The number of hydrogen-bond donors (Lipinski definition) is 1. The Balaban J connectivity index is 1.55. The topological polar surface area (TPSA) is 75.5 Å². The lowest BCUT2D eigenvalue weighted by Crippen LogP contribution is -1.86. The fraction of sp³-hybridized carbons (Fsp3) is 0. The van der Waals surface area contributed by atoms with E-state index in [1.54, 1.807) is 0 Å². The third-order valence-electron chi connectivity index (χ3n) is 5.11. The quantitative estimate of drug-likeness (QED) is 0.238. The van der Waals surface area contributed by atoms with E-state index in [4.69, 9.17) is 5.73 Å². The maximum Gasteiger partial charge on any atom is 0.0936 e. The first kappa shape index (κ1) is 18.6. The van der Waals surface area contributed by atoms with E-state index in [-0.39, 0.29) is 0 Å². The molecule has 0 aromatic heterocycles. The van der Waals surface area contributed by atoms with E-state index in [1.165, 1.54) is 0 Å². The van der Waals surface area contributed by atoms with Crippen LogP contribution in [0.1, 0.15) is 0 Å². The highest BCUT2D eigenvalue weighted by Crippen LogP contribution is 2.36. The van der Waals surface area contributed by atoms with E-state index in [1.807, 2.05) is 103 Å². The molecule has 0 bridgehead atoms. The molecule has 0 aliphatic rings. The number of benzene rings is 5. The van der Waals surface area contributed by atoms with Crippen molar-refractivity contribution in [1.82, 2.24) is 0 Å². The SMILES string of the molecule is Nc1ccc(N=Nc2ccc(N=Nc3ccccc3)c3ccccc23)c2ccccc12. The van der Waals surface area contributed by atoms with Gasteiger partial charge in [-0.2, -0.15) is 5.11 Å². The van der Waals surface area contributed by atoms with Crippen LogP contribution in [0.15, 0.2) is 124 Å². The zero-order valence-corrected chi connectivity index (χ0v) is 16.7. The summed E-state index contributed by atoms with van der Waals surface area (Å²) in [6.07, 6.45) is 0. The van der Waals surface area contributed by atoms with Crippen molar-refractivity contribution < 1.29 is 0 Å². The summed E-state index contributed by atoms with van der Waals surface area (Å²) in [6, 6.07) is 33.2. The van der Waals surface area contributed by atoms with Crippen LogP contribution in [0, 0.1) is 0 Å². The Morgan fingerprint density at radius 2 is 0.806 bits per heavy atom. The van der Waals surface area contributed by atoms with Crippen molar-refractivity contribution in [2.24, 2.45) is 20.5 Å². The normalized spacial score (nSPS) is 11.7. The number of rotatable bonds is 4. The van der Waals surface area contributed by atoms with Gasteiger partial charge in [-0.25, -0.2) is 0 Å². The highest BCUT2D eigenvalue weighted by Gasteiger charge is 2.07. The lowest BCUT2D eigenvalue weighted by molar-refractivity contribution is 1.23. The van der Waals surface area contributed by atoms with Crippen molar-refractivity contribution in [3.63, 3.8) is 0 Å². The standard InChI is InChI=1S/C26H19N5/c27-23-14-15-24(20-11-5-4-10-19(20)23)30-31-26-17-16-25(21-12-6-7-13-22(21)26)29-28-18-8-2-1-3-9-18/h1-17H,27H2. The number of azo groups is 2. The summed E-state index contributed by atoms with van der Waals surface area (Å²) in [7, 11) is 0. The molecule has 31 heavy (non-hydrogen) atoms. The van der Waals surface area contributed by atoms with Gasteiger partial charge in [-0.3, -0.25) is 0 Å². The largest absolute Gasteiger partial charge is 0.398 e. The second-order valence-corrected chi connectivity index (χ2v) is 7.10. The summed E-state index contributed by atoms with van der Waals surface area (Å²) in [5.41, 5.74) is 9.98. The predicted molar refractivity (Wildman–Crippen MR) is 127 cm³/mol. The monoisotopic (exact) mass is 401 g/mol. The van der Waals surface area contributed by atoms with Gasteiger partial charge in [0, 0.05) is 27.2 Å². The van der Waals surface area contributed by atoms with Crippen LogP contribution in [0.3, 0.4) is 0 Å². The first-order valence-corrected chi connectivity index (χ1v) is 9.97. The number of anilines is 1. The summed E-state index contributed by atoms with van der Waals surface area (Å²) in [6.45, 7) is 0. The number of hydrogen-bond acceptors (Lipinski definition) is 5. The van der Waals surface area contributed by atoms with Crippen LogP contribution in [0.4, 0.5) is 28.4 Å². The van der Waals surface area contributed by atoms with Gasteiger partial charge >= 0.3 is 0 Å². The van der Waals surface area contributed by atoms with Gasteiger partial charge in [0.25, 0.3) is 0 Å². The first-order valence-electron chi connectivity index (χ1n) is 9.97. The molecule has 0 unspecified atom stereocenters. The molecular formula is C26H19N5. The van der Waals surface area contributed by atoms with E-state index in [0.717, 1.165) is 50.0 Å². The summed E-state index contributed by atoms with van der Waals surface area (Å²) in [5.74, 6) is 0. The van der Waals surface area contributed by atoms with E-state index < -0.39 is 0 Å². The molecule has 0 amide bonds. The van der Waals surface area contributed by atoms with Gasteiger partial charge in [0.05, 0.1) is 22.7 Å². The molecular weight excluding hydrogens is 382 g/mol. The van der Waals surface area contributed by atoms with Crippen LogP contribution in [0.25, 0.3) is 21.5 Å². The Bertz CT molecular complexity index is 1440. The van der Waals surface area contributed by atoms with Gasteiger partial charge in [-0.15, -0.1) is 15.3 Å². The molecule has 0 fully saturated rings. The summed E-state index contributed by atoms with van der Waals surface area (Å²) in [4.78, 5) is 0. The van der Waals surface area contributed by atoms with Crippen molar-refractivity contribution in [2.45, 2.75) is 0 Å². The zero-order chi connectivity index (χ0) is 21.0. The van der Waals surface area contributed by atoms with Crippen LogP contribution in [0.2, 0.25) is 0 Å². The number of nitrogen functional groups attached to an aromatic ring is 1. The number of fused-ring (bicyclic) bond motifs is 2. The summed E-state index contributed by atoms with van der Waals surface area (Å²) >= 11 is 0. The maximum atomic E-state index is 6.10. The molecule has 0 saturated heterocycles. The molecule has 5 nitrogen and oxygen atoms in total. The molecule has 5 aromatic carbocycles. The van der Waals surface area contributed by atoms with Gasteiger partial charge in [-0.1, -0.05) is 66.7 Å². The minimum atomic E-state index is 0.730. The zero-order valence-electron chi connectivity index (χ0n) is 16.7. The van der Waals surface area contributed by atoms with Gasteiger partial charge < -0.3 is 5.73 Å². The van der Waals surface area contributed by atoms with Gasteiger partial charge in [-0.05, 0) is 36.4 Å².